The van der Waals surface area contributed by atoms with Crippen LogP contribution in [0.4, 0.5) is 0 Å². The van der Waals surface area contributed by atoms with Crippen LogP contribution < -0.4 is 15.2 Å². The molecule has 0 heterocycles. The lowest BCUT2D eigenvalue weighted by atomic mass is 10.1. The smallest absolute Gasteiger partial charge is 0.175 e. The summed E-state index contributed by atoms with van der Waals surface area (Å²) in [5.74, 6) is 1.24. The van der Waals surface area contributed by atoms with Gasteiger partial charge in [0.25, 0.3) is 0 Å². The van der Waals surface area contributed by atoms with Crippen LogP contribution in [0.5, 0.6) is 11.5 Å². The van der Waals surface area contributed by atoms with Crippen LogP contribution in [0.15, 0.2) is 16.6 Å². The quantitative estimate of drug-likeness (QED) is 0.710. The number of benzene rings is 1. The lowest BCUT2D eigenvalue weighted by molar-refractivity contribution is 0.286. The molecule has 0 aliphatic heterocycles. The summed E-state index contributed by atoms with van der Waals surface area (Å²) in [5.41, 5.74) is 6.60. The molecule has 0 aliphatic carbocycles. The van der Waals surface area contributed by atoms with Crippen LogP contribution in [0.2, 0.25) is 0 Å². The zero-order valence-electron chi connectivity index (χ0n) is 12.4. The first-order valence-corrected chi connectivity index (χ1v) is 9.53. The molecule has 0 radical (unpaired) electrons. The van der Waals surface area contributed by atoms with Gasteiger partial charge < -0.3 is 15.2 Å². The highest BCUT2D eigenvalue weighted by Crippen LogP contribution is 2.37. The van der Waals surface area contributed by atoms with Crippen molar-refractivity contribution in [3.63, 3.8) is 0 Å². The van der Waals surface area contributed by atoms with E-state index in [-0.39, 0.29) is 18.1 Å². The van der Waals surface area contributed by atoms with Crippen molar-refractivity contribution < 1.29 is 17.9 Å². The van der Waals surface area contributed by atoms with Crippen LogP contribution in [0.25, 0.3) is 0 Å². The van der Waals surface area contributed by atoms with E-state index in [1.165, 1.54) is 0 Å². The van der Waals surface area contributed by atoms with Crippen molar-refractivity contribution in [1.29, 1.82) is 0 Å². The van der Waals surface area contributed by atoms with E-state index in [0.29, 0.717) is 24.7 Å². The fraction of sp³-hybridized carbons (Fsp3) is 0.571. The second kappa shape index (κ2) is 8.60. The first-order valence-electron chi connectivity index (χ1n) is 6.92. The molecule has 120 valence electrons. The summed E-state index contributed by atoms with van der Waals surface area (Å²) in [7, 11) is -3.04. The Hall–Kier alpha value is -0.790. The Bertz CT molecular complexity index is 560. The number of ether oxygens (including phenoxy) is 2. The van der Waals surface area contributed by atoms with Gasteiger partial charge >= 0.3 is 0 Å². The number of hydrogen-bond donors (Lipinski definition) is 1. The van der Waals surface area contributed by atoms with Crippen molar-refractivity contribution in [2.45, 2.75) is 20.3 Å². The first-order chi connectivity index (χ1) is 9.93. The monoisotopic (exact) mass is 379 g/mol. The minimum atomic E-state index is -3.04. The van der Waals surface area contributed by atoms with E-state index in [1.807, 2.05) is 19.1 Å². The van der Waals surface area contributed by atoms with Gasteiger partial charge in [-0.25, -0.2) is 8.42 Å². The molecule has 1 aromatic carbocycles. The van der Waals surface area contributed by atoms with Crippen molar-refractivity contribution in [2.24, 2.45) is 5.73 Å². The van der Waals surface area contributed by atoms with Gasteiger partial charge in [-0.05, 0) is 53.5 Å². The number of sulfone groups is 1. The Morgan fingerprint density at radius 1 is 1.24 bits per heavy atom. The predicted octanol–water partition coefficient (Wildman–Crippen LogP) is 2.16. The van der Waals surface area contributed by atoms with Gasteiger partial charge in [0.2, 0.25) is 0 Å². The van der Waals surface area contributed by atoms with Crippen LogP contribution in [-0.2, 0) is 16.3 Å². The van der Waals surface area contributed by atoms with Gasteiger partial charge in [-0.15, -0.1) is 0 Å². The molecule has 0 unspecified atom stereocenters. The van der Waals surface area contributed by atoms with Gasteiger partial charge in [0.15, 0.2) is 21.3 Å². The van der Waals surface area contributed by atoms with E-state index in [2.05, 4.69) is 15.9 Å². The third-order valence-electron chi connectivity index (χ3n) is 2.88. The highest BCUT2D eigenvalue weighted by molar-refractivity contribution is 9.10. The molecule has 0 fully saturated rings. The Morgan fingerprint density at radius 3 is 2.52 bits per heavy atom. The Kier molecular flexibility index (Phi) is 7.48. The summed E-state index contributed by atoms with van der Waals surface area (Å²) in [4.78, 5) is 0. The maximum absolute atomic E-state index is 11.5. The first kappa shape index (κ1) is 18.3. The Labute approximate surface area is 134 Å². The van der Waals surface area contributed by atoms with Crippen molar-refractivity contribution in [3.05, 3.63) is 22.2 Å². The minimum absolute atomic E-state index is 0.00788. The maximum Gasteiger partial charge on any atom is 0.175 e. The molecule has 0 saturated carbocycles. The molecule has 0 saturated heterocycles. The summed E-state index contributed by atoms with van der Waals surface area (Å²) in [5, 5.41) is 0. The summed E-state index contributed by atoms with van der Waals surface area (Å²) < 4.78 is 34.9. The maximum atomic E-state index is 11.5. The molecule has 0 amide bonds. The van der Waals surface area contributed by atoms with Crippen LogP contribution in [0.3, 0.4) is 0 Å². The van der Waals surface area contributed by atoms with Gasteiger partial charge in [-0.2, -0.15) is 0 Å². The van der Waals surface area contributed by atoms with E-state index in [9.17, 15) is 8.42 Å². The molecule has 1 aromatic rings. The van der Waals surface area contributed by atoms with Crippen LogP contribution in [-0.4, -0.2) is 39.7 Å². The fourth-order valence-corrected chi connectivity index (χ4v) is 2.98. The molecule has 7 heteroatoms. The van der Waals surface area contributed by atoms with Gasteiger partial charge in [0, 0.05) is 5.75 Å². The van der Waals surface area contributed by atoms with Crippen LogP contribution in [0, 0.1) is 0 Å². The summed E-state index contributed by atoms with van der Waals surface area (Å²) >= 11 is 3.44. The number of halogens is 1. The molecule has 0 bridgehead atoms. The highest BCUT2D eigenvalue weighted by Gasteiger charge is 2.14. The molecular formula is C14H22BrNO4S. The van der Waals surface area contributed by atoms with Crippen molar-refractivity contribution >= 4 is 25.8 Å². The number of nitrogens with two attached hydrogens (primary N) is 1. The van der Waals surface area contributed by atoms with Crippen LogP contribution >= 0.6 is 15.9 Å². The van der Waals surface area contributed by atoms with Crippen molar-refractivity contribution in [2.75, 3.05) is 31.3 Å². The standard InChI is InChI=1S/C14H22BrNO4S/c1-3-19-13-10-11(5-6-16)9-12(15)14(13)20-7-8-21(17,18)4-2/h9-10H,3-8,16H2,1-2H3. The summed E-state index contributed by atoms with van der Waals surface area (Å²) in [6.45, 7) is 4.66. The van der Waals surface area contributed by atoms with E-state index in [1.54, 1.807) is 6.92 Å². The zero-order chi connectivity index (χ0) is 15.9. The predicted molar refractivity (Wildman–Crippen MR) is 87.9 cm³/mol. The third kappa shape index (κ3) is 5.84. The van der Waals surface area contributed by atoms with Gasteiger partial charge in [0.1, 0.15) is 6.61 Å². The highest BCUT2D eigenvalue weighted by atomic mass is 79.9. The second-order valence-electron chi connectivity index (χ2n) is 4.46. The Morgan fingerprint density at radius 2 is 1.95 bits per heavy atom. The van der Waals surface area contributed by atoms with Gasteiger partial charge in [0.05, 0.1) is 16.8 Å². The van der Waals surface area contributed by atoms with Gasteiger partial charge in [-0.3, -0.25) is 0 Å². The van der Waals surface area contributed by atoms with Crippen molar-refractivity contribution in [1.82, 2.24) is 0 Å². The SMILES string of the molecule is CCOc1cc(CCN)cc(Br)c1OCCS(=O)(=O)CC. The average molecular weight is 380 g/mol. The largest absolute Gasteiger partial charge is 0.490 e. The number of rotatable bonds is 9. The fourth-order valence-electron chi connectivity index (χ4n) is 1.75. The number of hydrogen-bond acceptors (Lipinski definition) is 5. The Balaban J connectivity index is 2.89. The topological polar surface area (TPSA) is 78.6 Å². The lowest BCUT2D eigenvalue weighted by Gasteiger charge is -2.15. The van der Waals surface area contributed by atoms with E-state index in [4.69, 9.17) is 15.2 Å². The van der Waals surface area contributed by atoms with Gasteiger partial charge in [-0.1, -0.05) is 6.92 Å². The molecule has 2 N–H and O–H groups in total. The van der Waals surface area contributed by atoms with E-state index < -0.39 is 9.84 Å². The van der Waals surface area contributed by atoms with E-state index >= 15 is 0 Å². The summed E-state index contributed by atoms with van der Waals surface area (Å²) in [6.07, 6.45) is 0.739. The second-order valence-corrected chi connectivity index (χ2v) is 7.79. The molecular weight excluding hydrogens is 358 g/mol. The molecule has 0 spiro atoms. The zero-order valence-corrected chi connectivity index (χ0v) is 14.8. The molecule has 0 aromatic heterocycles. The molecule has 0 aliphatic rings. The third-order valence-corrected chi connectivity index (χ3v) is 5.14. The van der Waals surface area contributed by atoms with E-state index in [0.717, 1.165) is 16.5 Å². The molecule has 1 rings (SSSR count). The van der Waals surface area contributed by atoms with Crippen LogP contribution in [0.1, 0.15) is 19.4 Å². The normalized spacial score (nSPS) is 11.4. The lowest BCUT2D eigenvalue weighted by Crippen LogP contribution is -2.16. The summed E-state index contributed by atoms with van der Waals surface area (Å²) in [6, 6.07) is 3.80. The molecule has 0 atom stereocenters. The minimum Gasteiger partial charge on any atom is -0.490 e. The molecule has 5 nitrogen and oxygen atoms in total. The van der Waals surface area contributed by atoms with Crippen molar-refractivity contribution in [3.8, 4) is 11.5 Å². The molecule has 21 heavy (non-hydrogen) atoms. The average Bonchev–Trinajstić information content (AvgIpc) is 2.42.